The molecule has 0 saturated heterocycles. The molecule has 0 fully saturated rings. The van der Waals surface area contributed by atoms with Crippen LogP contribution in [0.5, 0.6) is 0 Å². The fraction of sp³-hybridized carbons (Fsp3) is 0.500. The number of aromatic amines is 1. The summed E-state index contributed by atoms with van der Waals surface area (Å²) in [4.78, 5) is 7.28. The fourth-order valence-electron chi connectivity index (χ4n) is 1.36. The van der Waals surface area contributed by atoms with Gasteiger partial charge in [-0.2, -0.15) is 15.2 Å². The molecule has 6 aromatic heterocycles. The van der Waals surface area contributed by atoms with Gasteiger partial charge in [-0.1, -0.05) is 69.7 Å². The van der Waals surface area contributed by atoms with E-state index in [1.54, 1.807) is 40.2 Å². The van der Waals surface area contributed by atoms with Crippen LogP contribution in [-0.2, 0) is 0 Å². The molecule has 1 N–H and O–H groups in total. The Morgan fingerprint density at radius 1 is 0.738 bits per heavy atom. The minimum absolute atomic E-state index is 0. The smallest absolute Gasteiger partial charge is 0.223 e. The lowest BCUT2D eigenvalue weighted by Crippen LogP contribution is -1.69. The molecule has 6 heterocycles. The predicted molar refractivity (Wildman–Crippen MR) is 162 cm³/mol. The molecule has 0 aromatic carbocycles. The van der Waals surface area contributed by atoms with Crippen molar-refractivity contribution >= 4 is 11.5 Å². The third-order valence-electron chi connectivity index (χ3n) is 2.89. The zero-order valence-electron chi connectivity index (χ0n) is 20.4. The highest BCUT2D eigenvalue weighted by Gasteiger charge is 1.81. The van der Waals surface area contributed by atoms with E-state index in [1.165, 1.54) is 30.6 Å². The Balaban J connectivity index is -0.0000000900. The number of rotatable bonds is 0. The standard InChI is InChI=1S/C4H5NO.3C3H4N2O.C3H4N2S.C2H4N4.6CH4/c1-4-2-5-6-3-4;1-3-5-4-2-6-3;1-3-4-2-6-5-3;1-3-4-2-5-6-3;1-3-2-6-5-4-3;1-2-3-5-6-4-2;;;;;;/h2-3H,1H3;4*2H,1H3;1H3,(H,3,4,5,6);6*1H4. The zero-order valence-corrected chi connectivity index (χ0v) is 21.2. The molecule has 0 unspecified atom stereocenters. The van der Waals surface area contributed by atoms with Gasteiger partial charge in [-0.3, -0.25) is 0 Å². The zero-order chi connectivity index (χ0) is 26.4. The van der Waals surface area contributed by atoms with Gasteiger partial charge in [0.25, 0.3) is 0 Å². The molecule has 0 bridgehead atoms. The summed E-state index contributed by atoms with van der Waals surface area (Å²) < 4.78 is 21.5. The first-order chi connectivity index (χ1) is 17.4. The molecule has 42 heavy (non-hydrogen) atoms. The van der Waals surface area contributed by atoms with E-state index in [4.69, 9.17) is 0 Å². The van der Waals surface area contributed by atoms with Gasteiger partial charge in [0.1, 0.15) is 6.26 Å². The van der Waals surface area contributed by atoms with Crippen LogP contribution in [0.2, 0.25) is 0 Å². The number of hydrogen-bond donors (Lipinski definition) is 1. The third kappa shape index (κ3) is 29.8. The van der Waals surface area contributed by atoms with Gasteiger partial charge < -0.3 is 18.0 Å². The molecule has 0 atom stereocenters. The van der Waals surface area contributed by atoms with Crippen LogP contribution in [0, 0.1) is 41.5 Å². The summed E-state index contributed by atoms with van der Waals surface area (Å²) in [7, 11) is 0. The van der Waals surface area contributed by atoms with E-state index in [9.17, 15) is 0 Å². The van der Waals surface area contributed by atoms with E-state index in [0.717, 1.165) is 11.3 Å². The van der Waals surface area contributed by atoms with E-state index >= 15 is 0 Å². The maximum Gasteiger partial charge on any atom is 0.223 e. The van der Waals surface area contributed by atoms with Crippen LogP contribution in [0.1, 0.15) is 79.2 Å². The molecule has 0 amide bonds. The molecule has 0 aliphatic heterocycles. The molecular formula is C24H49N13O4S. The van der Waals surface area contributed by atoms with Crippen molar-refractivity contribution in [3.05, 3.63) is 71.6 Å². The first kappa shape index (κ1) is 50.1. The van der Waals surface area contributed by atoms with Crippen molar-refractivity contribution in [2.45, 2.75) is 86.1 Å². The first-order valence-corrected chi connectivity index (χ1v) is 10.7. The van der Waals surface area contributed by atoms with Gasteiger partial charge in [0.2, 0.25) is 24.6 Å². The largest absolute Gasteiger partial charge is 0.428 e. The van der Waals surface area contributed by atoms with Gasteiger partial charge >= 0.3 is 0 Å². The van der Waals surface area contributed by atoms with Gasteiger partial charge in [-0.25, -0.2) is 0 Å². The lowest BCUT2D eigenvalue weighted by molar-refractivity contribution is 0.392. The number of tetrazole rings is 1. The van der Waals surface area contributed by atoms with Crippen LogP contribution >= 0.6 is 11.5 Å². The van der Waals surface area contributed by atoms with Gasteiger partial charge in [0.15, 0.2) is 18.0 Å². The van der Waals surface area contributed by atoms with Crippen molar-refractivity contribution in [3.63, 3.8) is 0 Å². The Kier molecular flexibility index (Phi) is 38.8. The van der Waals surface area contributed by atoms with E-state index in [1.807, 2.05) is 19.2 Å². The number of aromatic nitrogens is 13. The molecule has 6 rings (SSSR count). The molecule has 6 aromatic rings. The van der Waals surface area contributed by atoms with Crippen molar-refractivity contribution in [1.82, 2.24) is 65.8 Å². The summed E-state index contributed by atoms with van der Waals surface area (Å²) in [5.41, 5.74) is 2.06. The van der Waals surface area contributed by atoms with Gasteiger partial charge in [-0.05, 0) is 39.2 Å². The second-order valence-electron chi connectivity index (χ2n) is 6.10. The molecule has 240 valence electrons. The monoisotopic (exact) mass is 615 g/mol. The van der Waals surface area contributed by atoms with Crippen molar-refractivity contribution in [2.24, 2.45) is 0 Å². The van der Waals surface area contributed by atoms with Crippen molar-refractivity contribution in [2.75, 3.05) is 0 Å². The molecule has 0 aliphatic carbocycles. The first-order valence-electron chi connectivity index (χ1n) is 9.85. The van der Waals surface area contributed by atoms with E-state index < -0.39 is 0 Å². The normalized spacial score (nSPS) is 7.57. The minimum Gasteiger partial charge on any atom is -0.428 e. The molecule has 0 saturated carbocycles. The molecule has 18 heteroatoms. The summed E-state index contributed by atoms with van der Waals surface area (Å²) in [6, 6.07) is 0. The fourth-order valence-corrected chi connectivity index (χ4v) is 1.78. The number of nitrogens with zero attached hydrogens (tertiary/aromatic N) is 12. The van der Waals surface area contributed by atoms with E-state index in [0.29, 0.717) is 23.4 Å². The van der Waals surface area contributed by atoms with Crippen molar-refractivity contribution < 1.29 is 18.0 Å². The Morgan fingerprint density at radius 2 is 1.45 bits per heavy atom. The van der Waals surface area contributed by atoms with Crippen LogP contribution < -0.4 is 0 Å². The van der Waals surface area contributed by atoms with Crippen LogP contribution in [0.3, 0.4) is 0 Å². The van der Waals surface area contributed by atoms with E-state index in [2.05, 4.69) is 83.8 Å². The summed E-state index contributed by atoms with van der Waals surface area (Å²) >= 11 is 1.38. The molecule has 0 aliphatic rings. The van der Waals surface area contributed by atoms with E-state index in [-0.39, 0.29) is 44.6 Å². The minimum atomic E-state index is 0. The van der Waals surface area contributed by atoms with Gasteiger partial charge in [0.05, 0.1) is 11.9 Å². The maximum atomic E-state index is 4.61. The Morgan fingerprint density at radius 3 is 1.60 bits per heavy atom. The lowest BCUT2D eigenvalue weighted by Gasteiger charge is -1.63. The van der Waals surface area contributed by atoms with Crippen molar-refractivity contribution in [1.29, 1.82) is 0 Å². The summed E-state index contributed by atoms with van der Waals surface area (Å²) in [5, 5.41) is 35.4. The quantitative estimate of drug-likeness (QED) is 0.198. The van der Waals surface area contributed by atoms with Crippen LogP contribution in [0.15, 0.2) is 54.9 Å². The Bertz CT molecular complexity index is 932. The Hall–Kier alpha value is -4.74. The predicted octanol–water partition coefficient (Wildman–Crippen LogP) is 6.29. The number of hydrogen-bond acceptors (Lipinski definition) is 17. The summed E-state index contributed by atoms with van der Waals surface area (Å²) in [6.07, 6.45) is 7.24. The molecule has 0 radical (unpaired) electrons. The van der Waals surface area contributed by atoms with Crippen LogP contribution in [-0.4, -0.2) is 65.8 Å². The summed E-state index contributed by atoms with van der Waals surface area (Å²) in [5.74, 6) is 2.56. The second-order valence-corrected chi connectivity index (χ2v) is 6.71. The SMILES string of the molecule is C.C.C.C.C.C.Cc1cnoc1.Cc1csnn1.Cc1ncno1.Cc1ncon1.Cc1nn[nH]n1.Cc1nnco1. The second kappa shape index (κ2) is 32.5. The van der Waals surface area contributed by atoms with Crippen molar-refractivity contribution in [3.8, 4) is 0 Å². The Labute approximate surface area is 253 Å². The average Bonchev–Trinajstić information content (AvgIpc) is 3.67. The highest BCUT2D eigenvalue weighted by molar-refractivity contribution is 7.03. The lowest BCUT2D eigenvalue weighted by atomic mass is 10.4. The number of nitrogens with one attached hydrogen (secondary N) is 1. The molecule has 0 spiro atoms. The number of H-pyrrole nitrogens is 1. The average molecular weight is 616 g/mol. The van der Waals surface area contributed by atoms with Gasteiger partial charge in [-0.15, -0.1) is 25.5 Å². The molecular weight excluding hydrogens is 566 g/mol. The highest BCUT2D eigenvalue weighted by Crippen LogP contribution is 1.90. The maximum absolute atomic E-state index is 4.61. The summed E-state index contributed by atoms with van der Waals surface area (Å²) in [6.45, 7) is 10.9. The molecule has 17 nitrogen and oxygen atoms in total. The topological polar surface area (TPSA) is 223 Å². The number of aryl methyl sites for hydroxylation is 6. The highest BCUT2D eigenvalue weighted by atomic mass is 32.1. The van der Waals surface area contributed by atoms with Gasteiger partial charge in [0, 0.05) is 24.8 Å². The van der Waals surface area contributed by atoms with Crippen LogP contribution in [0.4, 0.5) is 0 Å². The van der Waals surface area contributed by atoms with Crippen LogP contribution in [0.25, 0.3) is 0 Å². The third-order valence-corrected chi connectivity index (χ3v) is 3.51.